The third kappa shape index (κ3) is 1.67. The Balaban J connectivity index is 2.20. The number of rotatable bonds is 1. The van der Waals surface area contributed by atoms with E-state index in [9.17, 15) is 0 Å². The first kappa shape index (κ1) is 10.8. The SMILES string of the molecule is CNC1CCc2[nH]c3c(C)cc(C)cc3c2C1. The third-order valence-corrected chi connectivity index (χ3v) is 4.05. The molecule has 0 bridgehead atoms. The zero-order valence-electron chi connectivity index (χ0n) is 10.9. The first-order chi connectivity index (χ1) is 8.19. The van der Waals surface area contributed by atoms with Gasteiger partial charge in [0, 0.05) is 22.6 Å². The van der Waals surface area contributed by atoms with Gasteiger partial charge < -0.3 is 10.3 Å². The lowest BCUT2D eigenvalue weighted by Crippen LogP contribution is -2.31. The van der Waals surface area contributed by atoms with E-state index >= 15 is 0 Å². The van der Waals surface area contributed by atoms with E-state index in [4.69, 9.17) is 0 Å². The molecule has 1 aromatic heterocycles. The molecule has 2 aromatic rings. The van der Waals surface area contributed by atoms with Crippen LogP contribution < -0.4 is 5.32 Å². The van der Waals surface area contributed by atoms with Crippen LogP contribution in [-0.2, 0) is 12.8 Å². The van der Waals surface area contributed by atoms with Crippen LogP contribution in [0.2, 0.25) is 0 Å². The minimum absolute atomic E-state index is 0.641. The summed E-state index contributed by atoms with van der Waals surface area (Å²) in [5.41, 5.74) is 7.08. The van der Waals surface area contributed by atoms with Gasteiger partial charge in [-0.05, 0) is 57.4 Å². The first-order valence-corrected chi connectivity index (χ1v) is 6.47. The molecule has 1 unspecified atom stereocenters. The van der Waals surface area contributed by atoms with Crippen LogP contribution in [0.15, 0.2) is 12.1 Å². The summed E-state index contributed by atoms with van der Waals surface area (Å²) in [5.74, 6) is 0. The second-order valence-corrected chi connectivity index (χ2v) is 5.31. The van der Waals surface area contributed by atoms with Crippen LogP contribution in [0.3, 0.4) is 0 Å². The fourth-order valence-corrected chi connectivity index (χ4v) is 3.12. The van der Waals surface area contributed by atoms with E-state index < -0.39 is 0 Å². The van der Waals surface area contributed by atoms with Crippen molar-refractivity contribution in [2.24, 2.45) is 0 Å². The van der Waals surface area contributed by atoms with Crippen LogP contribution in [0.5, 0.6) is 0 Å². The number of aryl methyl sites for hydroxylation is 3. The smallest absolute Gasteiger partial charge is 0.0488 e. The van der Waals surface area contributed by atoms with Crippen LogP contribution in [0.4, 0.5) is 0 Å². The predicted molar refractivity (Wildman–Crippen MR) is 72.6 cm³/mol. The summed E-state index contributed by atoms with van der Waals surface area (Å²) in [5, 5.41) is 4.86. The average Bonchev–Trinajstić information content (AvgIpc) is 2.67. The van der Waals surface area contributed by atoms with E-state index in [2.05, 4.69) is 43.3 Å². The molecule has 1 atom stereocenters. The third-order valence-electron chi connectivity index (χ3n) is 4.05. The van der Waals surface area contributed by atoms with E-state index in [0.29, 0.717) is 6.04 Å². The summed E-state index contributed by atoms with van der Waals surface area (Å²) in [7, 11) is 2.07. The molecular formula is C15H20N2. The lowest BCUT2D eigenvalue weighted by atomic mass is 9.91. The molecule has 0 amide bonds. The highest BCUT2D eigenvalue weighted by atomic mass is 14.9. The van der Waals surface area contributed by atoms with Crippen LogP contribution >= 0.6 is 0 Å². The molecule has 0 radical (unpaired) electrons. The van der Waals surface area contributed by atoms with Crippen molar-refractivity contribution in [3.63, 3.8) is 0 Å². The minimum atomic E-state index is 0.641. The molecule has 2 heteroatoms. The van der Waals surface area contributed by atoms with Crippen molar-refractivity contribution >= 4 is 10.9 Å². The molecule has 1 aliphatic rings. The Hall–Kier alpha value is -1.28. The van der Waals surface area contributed by atoms with Crippen molar-refractivity contribution in [1.82, 2.24) is 10.3 Å². The van der Waals surface area contributed by atoms with E-state index in [1.807, 2.05) is 0 Å². The number of hydrogen-bond acceptors (Lipinski definition) is 1. The number of benzene rings is 1. The molecular weight excluding hydrogens is 208 g/mol. The maximum absolute atomic E-state index is 3.63. The Labute approximate surface area is 102 Å². The number of aromatic nitrogens is 1. The fourth-order valence-electron chi connectivity index (χ4n) is 3.12. The van der Waals surface area contributed by atoms with Crippen molar-refractivity contribution in [3.05, 3.63) is 34.5 Å². The topological polar surface area (TPSA) is 27.8 Å². The Morgan fingerprint density at radius 3 is 2.88 bits per heavy atom. The van der Waals surface area contributed by atoms with E-state index in [-0.39, 0.29) is 0 Å². The highest BCUT2D eigenvalue weighted by Gasteiger charge is 2.21. The highest BCUT2D eigenvalue weighted by molar-refractivity contribution is 5.88. The van der Waals surface area contributed by atoms with Crippen LogP contribution in [0.25, 0.3) is 10.9 Å². The summed E-state index contributed by atoms with van der Waals surface area (Å²) in [6, 6.07) is 5.23. The van der Waals surface area contributed by atoms with E-state index in [1.165, 1.54) is 46.1 Å². The number of likely N-dealkylation sites (N-methyl/N-ethyl adjacent to an activating group) is 1. The predicted octanol–water partition coefficient (Wildman–Crippen LogP) is 2.86. The molecule has 0 saturated heterocycles. The van der Waals surface area contributed by atoms with Crippen LogP contribution in [0.1, 0.15) is 28.8 Å². The molecule has 0 fully saturated rings. The normalized spacial score (nSPS) is 19.6. The van der Waals surface area contributed by atoms with Crippen molar-refractivity contribution < 1.29 is 0 Å². The Morgan fingerprint density at radius 2 is 2.12 bits per heavy atom. The number of hydrogen-bond donors (Lipinski definition) is 2. The van der Waals surface area contributed by atoms with Crippen molar-refractivity contribution in [2.75, 3.05) is 7.05 Å². The number of nitrogens with one attached hydrogen (secondary N) is 2. The molecule has 1 aliphatic carbocycles. The lowest BCUT2D eigenvalue weighted by Gasteiger charge is -2.21. The Morgan fingerprint density at radius 1 is 1.29 bits per heavy atom. The van der Waals surface area contributed by atoms with Crippen molar-refractivity contribution in [1.29, 1.82) is 0 Å². The average molecular weight is 228 g/mol. The van der Waals surface area contributed by atoms with Gasteiger partial charge in [-0.2, -0.15) is 0 Å². The maximum Gasteiger partial charge on any atom is 0.0488 e. The maximum atomic E-state index is 3.63. The molecule has 17 heavy (non-hydrogen) atoms. The van der Waals surface area contributed by atoms with Crippen molar-refractivity contribution in [3.8, 4) is 0 Å². The van der Waals surface area contributed by atoms with Gasteiger partial charge in [-0.15, -0.1) is 0 Å². The quantitative estimate of drug-likeness (QED) is 0.771. The van der Waals surface area contributed by atoms with Gasteiger partial charge in [0.15, 0.2) is 0 Å². The number of H-pyrrole nitrogens is 1. The highest BCUT2D eigenvalue weighted by Crippen LogP contribution is 2.31. The molecule has 2 nitrogen and oxygen atoms in total. The molecule has 0 spiro atoms. The second kappa shape index (κ2) is 3.88. The largest absolute Gasteiger partial charge is 0.358 e. The van der Waals surface area contributed by atoms with Crippen LogP contribution in [0, 0.1) is 13.8 Å². The first-order valence-electron chi connectivity index (χ1n) is 6.47. The second-order valence-electron chi connectivity index (χ2n) is 5.31. The lowest BCUT2D eigenvalue weighted by molar-refractivity contribution is 0.495. The van der Waals surface area contributed by atoms with Crippen LogP contribution in [-0.4, -0.2) is 18.1 Å². The molecule has 2 N–H and O–H groups in total. The summed E-state index contributed by atoms with van der Waals surface area (Å²) in [6.07, 6.45) is 3.58. The molecule has 90 valence electrons. The van der Waals surface area contributed by atoms with Gasteiger partial charge in [0.25, 0.3) is 0 Å². The van der Waals surface area contributed by atoms with E-state index in [1.54, 1.807) is 0 Å². The number of aromatic amines is 1. The summed E-state index contributed by atoms with van der Waals surface area (Å²) < 4.78 is 0. The van der Waals surface area contributed by atoms with E-state index in [0.717, 1.165) is 6.42 Å². The molecule has 3 rings (SSSR count). The zero-order valence-corrected chi connectivity index (χ0v) is 10.9. The van der Waals surface area contributed by atoms with Crippen molar-refractivity contribution in [2.45, 2.75) is 39.2 Å². The van der Waals surface area contributed by atoms with Gasteiger partial charge in [0.1, 0.15) is 0 Å². The molecule has 1 aromatic carbocycles. The summed E-state index contributed by atoms with van der Waals surface area (Å²) in [6.45, 7) is 4.39. The summed E-state index contributed by atoms with van der Waals surface area (Å²) >= 11 is 0. The minimum Gasteiger partial charge on any atom is -0.358 e. The monoisotopic (exact) mass is 228 g/mol. The van der Waals surface area contributed by atoms with Gasteiger partial charge in [-0.3, -0.25) is 0 Å². The standard InChI is InChI=1S/C15H20N2/c1-9-6-10(2)15-13(7-9)12-8-11(16-3)4-5-14(12)17-15/h6-7,11,16-17H,4-5,8H2,1-3H3. The van der Waals surface area contributed by atoms with Gasteiger partial charge in [0.2, 0.25) is 0 Å². The summed E-state index contributed by atoms with van der Waals surface area (Å²) in [4.78, 5) is 3.63. The van der Waals surface area contributed by atoms with Gasteiger partial charge >= 0.3 is 0 Å². The Bertz CT molecular complexity index is 566. The van der Waals surface area contributed by atoms with Gasteiger partial charge in [-0.25, -0.2) is 0 Å². The Kier molecular flexibility index (Phi) is 2.48. The zero-order chi connectivity index (χ0) is 12.0. The fraction of sp³-hybridized carbons (Fsp3) is 0.467. The molecule has 0 saturated carbocycles. The van der Waals surface area contributed by atoms with Gasteiger partial charge in [-0.1, -0.05) is 11.6 Å². The molecule has 1 heterocycles. The molecule has 0 aliphatic heterocycles. The van der Waals surface area contributed by atoms with Gasteiger partial charge in [0.05, 0.1) is 0 Å². The number of fused-ring (bicyclic) bond motifs is 3.